The zero-order chi connectivity index (χ0) is 21.0. The summed E-state index contributed by atoms with van der Waals surface area (Å²) in [6.45, 7) is 1.22. The van der Waals surface area contributed by atoms with E-state index in [2.05, 4.69) is 15.3 Å². The number of rotatable bonds is 6. The molecule has 31 heavy (non-hydrogen) atoms. The lowest BCUT2D eigenvalue weighted by molar-refractivity contribution is 0.0673. The van der Waals surface area contributed by atoms with Crippen LogP contribution in [0.2, 0.25) is 0 Å². The number of pyridine rings is 1. The quantitative estimate of drug-likeness (QED) is 0.511. The van der Waals surface area contributed by atoms with E-state index in [1.807, 2.05) is 53.1 Å². The van der Waals surface area contributed by atoms with E-state index in [1.165, 1.54) is 0 Å². The van der Waals surface area contributed by atoms with Crippen LogP contribution < -0.4 is 10.1 Å². The molecule has 5 rings (SSSR count). The fourth-order valence-corrected chi connectivity index (χ4v) is 3.68. The SMILES string of the molecule is O=C(Nc1ccc(-n2cnc3ccccc32)nc1)c1ccccc1OCC1CCCO1. The molecule has 1 saturated heterocycles. The number of hydrogen-bond acceptors (Lipinski definition) is 5. The predicted molar refractivity (Wildman–Crippen MR) is 118 cm³/mol. The van der Waals surface area contributed by atoms with Gasteiger partial charge in [-0.15, -0.1) is 0 Å². The van der Waals surface area contributed by atoms with E-state index >= 15 is 0 Å². The highest BCUT2D eigenvalue weighted by Crippen LogP contribution is 2.22. The van der Waals surface area contributed by atoms with Crippen LogP contribution in [0.4, 0.5) is 5.69 Å². The Balaban J connectivity index is 1.30. The normalized spacial score (nSPS) is 15.8. The standard InChI is InChI=1S/C24H22N4O3/c29-24(19-7-1-4-10-22(19)31-15-18-6-5-13-30-18)27-17-11-12-23(25-14-17)28-16-26-20-8-2-3-9-21(20)28/h1-4,7-12,14,16,18H,5-6,13,15H2,(H,27,29). The Morgan fingerprint density at radius 3 is 2.81 bits per heavy atom. The largest absolute Gasteiger partial charge is 0.490 e. The molecule has 3 heterocycles. The van der Waals surface area contributed by atoms with Gasteiger partial charge in [0.05, 0.1) is 34.6 Å². The number of para-hydroxylation sites is 3. The summed E-state index contributed by atoms with van der Waals surface area (Å²) >= 11 is 0. The Morgan fingerprint density at radius 1 is 1.10 bits per heavy atom. The monoisotopic (exact) mass is 414 g/mol. The van der Waals surface area contributed by atoms with E-state index in [1.54, 1.807) is 24.7 Å². The summed E-state index contributed by atoms with van der Waals surface area (Å²) in [7, 11) is 0. The predicted octanol–water partition coefficient (Wildman–Crippen LogP) is 4.23. The molecule has 1 amide bonds. The van der Waals surface area contributed by atoms with Gasteiger partial charge in [-0.2, -0.15) is 0 Å². The molecule has 1 aliphatic rings. The molecule has 0 radical (unpaired) electrons. The molecule has 1 aliphatic heterocycles. The van der Waals surface area contributed by atoms with Crippen LogP contribution in [0.25, 0.3) is 16.9 Å². The number of aromatic nitrogens is 3. The molecule has 156 valence electrons. The van der Waals surface area contributed by atoms with Gasteiger partial charge in [0, 0.05) is 6.61 Å². The molecule has 0 aliphatic carbocycles. The minimum absolute atomic E-state index is 0.0899. The van der Waals surface area contributed by atoms with E-state index in [4.69, 9.17) is 9.47 Å². The molecule has 7 heteroatoms. The maximum Gasteiger partial charge on any atom is 0.259 e. The molecule has 0 bridgehead atoms. The molecule has 1 unspecified atom stereocenters. The first-order valence-electron chi connectivity index (χ1n) is 10.3. The van der Waals surface area contributed by atoms with Crippen LogP contribution in [0, 0.1) is 0 Å². The Bertz CT molecular complexity index is 1200. The van der Waals surface area contributed by atoms with Crippen molar-refractivity contribution in [3.8, 4) is 11.6 Å². The first-order chi connectivity index (χ1) is 15.3. The second-order valence-corrected chi connectivity index (χ2v) is 7.40. The molecule has 1 fully saturated rings. The second kappa shape index (κ2) is 8.57. The highest BCUT2D eigenvalue weighted by atomic mass is 16.5. The fourth-order valence-electron chi connectivity index (χ4n) is 3.68. The summed E-state index contributed by atoms with van der Waals surface area (Å²) in [6, 6.07) is 18.8. The van der Waals surface area contributed by atoms with Crippen molar-refractivity contribution < 1.29 is 14.3 Å². The van der Waals surface area contributed by atoms with Gasteiger partial charge in [-0.05, 0) is 49.2 Å². The number of carbonyl (C=O) groups is 1. The third kappa shape index (κ3) is 4.13. The Hall–Kier alpha value is -3.71. The van der Waals surface area contributed by atoms with Gasteiger partial charge in [0.2, 0.25) is 0 Å². The summed E-state index contributed by atoms with van der Waals surface area (Å²) in [4.78, 5) is 21.7. The average molecular weight is 414 g/mol. The van der Waals surface area contributed by atoms with Gasteiger partial charge in [-0.3, -0.25) is 9.36 Å². The zero-order valence-corrected chi connectivity index (χ0v) is 16.9. The molecule has 2 aromatic carbocycles. The number of imidazole rings is 1. The zero-order valence-electron chi connectivity index (χ0n) is 16.9. The highest BCUT2D eigenvalue weighted by Gasteiger charge is 2.18. The Morgan fingerprint density at radius 2 is 1.97 bits per heavy atom. The van der Waals surface area contributed by atoms with Crippen molar-refractivity contribution in [1.82, 2.24) is 14.5 Å². The van der Waals surface area contributed by atoms with E-state index in [0.29, 0.717) is 23.6 Å². The topological polar surface area (TPSA) is 78.3 Å². The van der Waals surface area contributed by atoms with E-state index in [9.17, 15) is 4.79 Å². The lowest BCUT2D eigenvalue weighted by Crippen LogP contribution is -2.19. The Labute approximate surface area is 179 Å². The molecule has 0 spiro atoms. The molecule has 1 atom stereocenters. The van der Waals surface area contributed by atoms with Crippen molar-refractivity contribution in [2.45, 2.75) is 18.9 Å². The van der Waals surface area contributed by atoms with Crippen molar-refractivity contribution in [2.24, 2.45) is 0 Å². The van der Waals surface area contributed by atoms with Gasteiger partial charge < -0.3 is 14.8 Å². The van der Waals surface area contributed by atoms with Crippen LogP contribution in [-0.4, -0.2) is 39.8 Å². The molecule has 4 aromatic rings. The first kappa shape index (κ1) is 19.3. The van der Waals surface area contributed by atoms with Gasteiger partial charge in [-0.1, -0.05) is 24.3 Å². The van der Waals surface area contributed by atoms with E-state index < -0.39 is 0 Å². The molecule has 7 nitrogen and oxygen atoms in total. The van der Waals surface area contributed by atoms with Gasteiger partial charge in [0.15, 0.2) is 0 Å². The number of hydrogen-bond donors (Lipinski definition) is 1. The molecule has 0 saturated carbocycles. The van der Waals surface area contributed by atoms with Gasteiger partial charge in [0.25, 0.3) is 5.91 Å². The summed E-state index contributed by atoms with van der Waals surface area (Å²) in [6.07, 6.45) is 5.50. The van der Waals surface area contributed by atoms with Crippen LogP contribution in [0.1, 0.15) is 23.2 Å². The molecule has 1 N–H and O–H groups in total. The number of fused-ring (bicyclic) bond motifs is 1. The third-order valence-electron chi connectivity index (χ3n) is 5.29. The van der Waals surface area contributed by atoms with E-state index in [0.717, 1.165) is 36.3 Å². The van der Waals surface area contributed by atoms with Crippen molar-refractivity contribution in [2.75, 3.05) is 18.5 Å². The number of nitrogens with one attached hydrogen (secondary N) is 1. The minimum Gasteiger partial charge on any atom is -0.490 e. The summed E-state index contributed by atoms with van der Waals surface area (Å²) < 4.78 is 13.4. The first-order valence-corrected chi connectivity index (χ1v) is 10.3. The van der Waals surface area contributed by atoms with Crippen LogP contribution in [0.5, 0.6) is 5.75 Å². The lowest BCUT2D eigenvalue weighted by atomic mass is 10.2. The van der Waals surface area contributed by atoms with Crippen LogP contribution in [0.3, 0.4) is 0 Å². The lowest BCUT2D eigenvalue weighted by Gasteiger charge is -2.14. The van der Waals surface area contributed by atoms with Crippen molar-refractivity contribution in [3.63, 3.8) is 0 Å². The van der Waals surface area contributed by atoms with Crippen LogP contribution >= 0.6 is 0 Å². The highest BCUT2D eigenvalue weighted by molar-refractivity contribution is 6.06. The molecular formula is C24H22N4O3. The maximum atomic E-state index is 12.9. The van der Waals surface area contributed by atoms with Crippen LogP contribution in [0.15, 0.2) is 73.2 Å². The number of benzene rings is 2. The second-order valence-electron chi connectivity index (χ2n) is 7.40. The van der Waals surface area contributed by atoms with Gasteiger partial charge in [0.1, 0.15) is 24.5 Å². The molecule has 2 aromatic heterocycles. The minimum atomic E-state index is -0.245. The number of amides is 1. The Kier molecular flexibility index (Phi) is 5.33. The average Bonchev–Trinajstić information content (AvgIpc) is 3.48. The number of nitrogens with zero attached hydrogens (tertiary/aromatic N) is 3. The smallest absolute Gasteiger partial charge is 0.259 e. The third-order valence-corrected chi connectivity index (χ3v) is 5.29. The van der Waals surface area contributed by atoms with Crippen molar-refractivity contribution in [3.05, 3.63) is 78.8 Å². The molecular weight excluding hydrogens is 392 g/mol. The fraction of sp³-hybridized carbons (Fsp3) is 0.208. The van der Waals surface area contributed by atoms with E-state index in [-0.39, 0.29) is 12.0 Å². The number of ether oxygens (including phenoxy) is 2. The van der Waals surface area contributed by atoms with Crippen molar-refractivity contribution in [1.29, 1.82) is 0 Å². The number of anilines is 1. The number of carbonyl (C=O) groups excluding carboxylic acids is 1. The summed E-state index contributed by atoms with van der Waals surface area (Å²) in [5, 5.41) is 2.90. The van der Waals surface area contributed by atoms with Crippen LogP contribution in [-0.2, 0) is 4.74 Å². The van der Waals surface area contributed by atoms with Gasteiger partial charge in [-0.25, -0.2) is 9.97 Å². The summed E-state index contributed by atoms with van der Waals surface area (Å²) in [5.41, 5.74) is 2.96. The maximum absolute atomic E-state index is 12.9. The van der Waals surface area contributed by atoms with Crippen molar-refractivity contribution >= 4 is 22.6 Å². The van der Waals surface area contributed by atoms with Gasteiger partial charge >= 0.3 is 0 Å². The summed E-state index contributed by atoms with van der Waals surface area (Å²) in [5.74, 6) is 1.03.